The fourth-order valence-corrected chi connectivity index (χ4v) is 5.28. The van der Waals surface area contributed by atoms with E-state index in [1.165, 1.54) is 7.11 Å². The number of esters is 1. The molecule has 1 unspecified atom stereocenters. The summed E-state index contributed by atoms with van der Waals surface area (Å²) in [5.74, 6) is 0.0818. The number of nitrogens with zero attached hydrogens (tertiary/aromatic N) is 2. The monoisotopic (exact) mass is 487 g/mol. The van der Waals surface area contributed by atoms with Crippen LogP contribution in [0.25, 0.3) is 0 Å². The van der Waals surface area contributed by atoms with Gasteiger partial charge in [0.1, 0.15) is 5.60 Å². The van der Waals surface area contributed by atoms with Crippen molar-refractivity contribution < 1.29 is 23.9 Å². The number of carbonyl (C=O) groups is 3. The van der Waals surface area contributed by atoms with Crippen LogP contribution in [0.4, 0.5) is 10.5 Å². The molecule has 8 nitrogen and oxygen atoms in total. The predicted octanol–water partition coefficient (Wildman–Crippen LogP) is 4.07. The number of amides is 2. The lowest BCUT2D eigenvalue weighted by Gasteiger charge is -2.41. The van der Waals surface area contributed by atoms with E-state index in [-0.39, 0.29) is 18.5 Å². The highest BCUT2D eigenvalue weighted by Crippen LogP contribution is 2.35. The van der Waals surface area contributed by atoms with Gasteiger partial charge in [-0.15, -0.1) is 0 Å². The zero-order valence-corrected chi connectivity index (χ0v) is 21.6. The molecule has 0 bridgehead atoms. The molecule has 0 aromatic heterocycles. The number of anilines is 1. The van der Waals surface area contributed by atoms with Gasteiger partial charge in [-0.3, -0.25) is 9.59 Å². The zero-order valence-electron chi connectivity index (χ0n) is 21.6. The fraction of sp³-hybridized carbons (Fsp3) is 0.667. The van der Waals surface area contributed by atoms with Crippen LogP contribution in [0.5, 0.6) is 0 Å². The maximum Gasteiger partial charge on any atom is 0.410 e. The van der Waals surface area contributed by atoms with Gasteiger partial charge >= 0.3 is 12.1 Å². The minimum atomic E-state index is -0.487. The third-order valence-electron chi connectivity index (χ3n) is 7.22. The van der Waals surface area contributed by atoms with Crippen LogP contribution in [-0.4, -0.2) is 61.8 Å². The van der Waals surface area contributed by atoms with Crippen LogP contribution in [0.1, 0.15) is 70.8 Å². The molecule has 1 aromatic carbocycles. The van der Waals surface area contributed by atoms with Gasteiger partial charge in [0.15, 0.2) is 0 Å². The first-order valence-corrected chi connectivity index (χ1v) is 12.8. The SMILES string of the molecule is COC(=O)C(CCC(N)=O)c1ccc(N2CCC(C3CCN(C(=O)OC(C)(C)C)CC3)CC2)cc1. The number of likely N-dealkylation sites (tertiary alicyclic amines) is 1. The molecule has 0 saturated carbocycles. The quantitative estimate of drug-likeness (QED) is 0.582. The van der Waals surface area contributed by atoms with E-state index in [0.29, 0.717) is 18.3 Å². The minimum Gasteiger partial charge on any atom is -0.469 e. The molecule has 2 saturated heterocycles. The largest absolute Gasteiger partial charge is 0.469 e. The Morgan fingerprint density at radius 2 is 1.51 bits per heavy atom. The molecule has 35 heavy (non-hydrogen) atoms. The molecule has 194 valence electrons. The van der Waals surface area contributed by atoms with Gasteiger partial charge in [-0.25, -0.2) is 4.79 Å². The normalized spacial score (nSPS) is 18.7. The second kappa shape index (κ2) is 11.8. The predicted molar refractivity (Wildman–Crippen MR) is 135 cm³/mol. The summed E-state index contributed by atoms with van der Waals surface area (Å²) in [5.41, 5.74) is 6.80. The minimum absolute atomic E-state index is 0.145. The van der Waals surface area contributed by atoms with Crippen molar-refractivity contribution in [2.24, 2.45) is 17.6 Å². The summed E-state index contributed by atoms with van der Waals surface area (Å²) in [6.07, 6.45) is 4.66. The highest BCUT2D eigenvalue weighted by Gasteiger charge is 2.32. The molecule has 1 atom stereocenters. The second-order valence-corrected chi connectivity index (χ2v) is 10.8. The van der Waals surface area contributed by atoms with Crippen molar-refractivity contribution in [1.82, 2.24) is 4.90 Å². The molecule has 2 fully saturated rings. The Balaban J connectivity index is 1.49. The molecule has 2 N–H and O–H groups in total. The number of hydrogen-bond donors (Lipinski definition) is 1. The molecular weight excluding hydrogens is 446 g/mol. The van der Waals surface area contributed by atoms with E-state index < -0.39 is 17.4 Å². The van der Waals surface area contributed by atoms with Crippen molar-refractivity contribution >= 4 is 23.7 Å². The van der Waals surface area contributed by atoms with Crippen molar-refractivity contribution in [1.29, 1.82) is 0 Å². The lowest BCUT2D eigenvalue weighted by atomic mass is 9.79. The number of rotatable bonds is 7. The Kier molecular flexibility index (Phi) is 9.03. The van der Waals surface area contributed by atoms with E-state index in [2.05, 4.69) is 17.0 Å². The Bertz CT molecular complexity index is 864. The van der Waals surface area contributed by atoms with Crippen molar-refractivity contribution in [2.75, 3.05) is 38.2 Å². The molecule has 0 radical (unpaired) electrons. The van der Waals surface area contributed by atoms with Crippen LogP contribution < -0.4 is 10.6 Å². The summed E-state index contributed by atoms with van der Waals surface area (Å²) in [6, 6.07) is 8.01. The van der Waals surface area contributed by atoms with Gasteiger partial charge in [-0.1, -0.05) is 12.1 Å². The van der Waals surface area contributed by atoms with Gasteiger partial charge in [-0.05, 0) is 82.4 Å². The molecule has 2 heterocycles. The summed E-state index contributed by atoms with van der Waals surface area (Å²) >= 11 is 0. The average molecular weight is 488 g/mol. The topological polar surface area (TPSA) is 102 Å². The summed E-state index contributed by atoms with van der Waals surface area (Å²) in [7, 11) is 1.36. The molecular formula is C27H41N3O5. The number of methoxy groups -OCH3 is 1. The van der Waals surface area contributed by atoms with Crippen LogP contribution >= 0.6 is 0 Å². The molecule has 2 aliphatic heterocycles. The van der Waals surface area contributed by atoms with Gasteiger partial charge < -0.3 is 25.0 Å². The zero-order chi connectivity index (χ0) is 25.6. The maximum absolute atomic E-state index is 12.3. The van der Waals surface area contributed by atoms with Crippen LogP contribution in [0, 0.1) is 11.8 Å². The first-order chi connectivity index (χ1) is 16.6. The number of benzene rings is 1. The van der Waals surface area contributed by atoms with E-state index >= 15 is 0 Å². The third kappa shape index (κ3) is 7.61. The Morgan fingerprint density at radius 1 is 0.971 bits per heavy atom. The van der Waals surface area contributed by atoms with E-state index in [4.69, 9.17) is 15.2 Å². The highest BCUT2D eigenvalue weighted by atomic mass is 16.6. The van der Waals surface area contributed by atoms with E-state index in [1.54, 1.807) is 0 Å². The van der Waals surface area contributed by atoms with Gasteiger partial charge in [-0.2, -0.15) is 0 Å². The first kappa shape index (κ1) is 26.8. The standard InChI is InChI=1S/C27H41N3O5/c1-27(2,3)35-26(33)30-17-13-20(14-18-30)19-11-15-29(16-12-19)22-7-5-21(6-8-22)23(25(32)34-4)9-10-24(28)31/h5-8,19-20,23H,9-18H2,1-4H3,(H2,28,31). The molecule has 1 aromatic rings. The molecule has 2 aliphatic rings. The number of hydrogen-bond acceptors (Lipinski definition) is 6. The van der Waals surface area contributed by atoms with Crippen LogP contribution in [0.3, 0.4) is 0 Å². The van der Waals surface area contributed by atoms with E-state index in [0.717, 1.165) is 63.1 Å². The molecule has 2 amide bonds. The average Bonchev–Trinajstić information content (AvgIpc) is 2.83. The van der Waals surface area contributed by atoms with Gasteiger partial charge in [0.05, 0.1) is 13.0 Å². The lowest BCUT2D eigenvalue weighted by Crippen LogP contribution is -2.44. The van der Waals surface area contributed by atoms with Crippen molar-refractivity contribution in [3.63, 3.8) is 0 Å². The summed E-state index contributed by atoms with van der Waals surface area (Å²) in [4.78, 5) is 40.0. The van der Waals surface area contributed by atoms with Crippen LogP contribution in [0.15, 0.2) is 24.3 Å². The van der Waals surface area contributed by atoms with Crippen LogP contribution in [0.2, 0.25) is 0 Å². The number of ether oxygens (including phenoxy) is 2. The lowest BCUT2D eigenvalue weighted by molar-refractivity contribution is -0.142. The van der Waals surface area contributed by atoms with Crippen LogP contribution in [-0.2, 0) is 19.1 Å². The molecule has 0 spiro atoms. The van der Waals surface area contributed by atoms with Crippen molar-refractivity contribution in [3.05, 3.63) is 29.8 Å². The number of piperidine rings is 2. The second-order valence-electron chi connectivity index (χ2n) is 10.8. The Labute approximate surface area is 209 Å². The summed E-state index contributed by atoms with van der Waals surface area (Å²) in [5, 5.41) is 0. The van der Waals surface area contributed by atoms with Crippen molar-refractivity contribution in [2.45, 2.75) is 70.8 Å². The molecule has 3 rings (SSSR count). The molecule has 0 aliphatic carbocycles. The molecule has 8 heteroatoms. The highest BCUT2D eigenvalue weighted by molar-refractivity contribution is 5.80. The third-order valence-corrected chi connectivity index (χ3v) is 7.22. The number of primary amides is 1. The smallest absolute Gasteiger partial charge is 0.410 e. The van der Waals surface area contributed by atoms with Crippen molar-refractivity contribution in [3.8, 4) is 0 Å². The maximum atomic E-state index is 12.3. The Morgan fingerprint density at radius 3 is 2.00 bits per heavy atom. The summed E-state index contributed by atoms with van der Waals surface area (Å²) < 4.78 is 10.4. The summed E-state index contributed by atoms with van der Waals surface area (Å²) in [6.45, 7) is 9.26. The fourth-order valence-electron chi connectivity index (χ4n) is 5.28. The van der Waals surface area contributed by atoms with Gasteiger partial charge in [0.2, 0.25) is 5.91 Å². The number of nitrogens with two attached hydrogens (primary N) is 1. The van der Waals surface area contributed by atoms with E-state index in [1.807, 2.05) is 37.8 Å². The first-order valence-electron chi connectivity index (χ1n) is 12.8. The van der Waals surface area contributed by atoms with Gasteiger partial charge in [0, 0.05) is 38.3 Å². The number of carbonyl (C=O) groups excluding carboxylic acids is 3. The van der Waals surface area contributed by atoms with Gasteiger partial charge in [0.25, 0.3) is 0 Å². The van der Waals surface area contributed by atoms with E-state index in [9.17, 15) is 14.4 Å². The Hall–Kier alpha value is -2.77.